The molecule has 39 heavy (non-hydrogen) atoms. The number of non-ortho nitro benzene ring substituents is 1. The maximum Gasteiger partial charge on any atom is 0.307 e. The van der Waals surface area contributed by atoms with Crippen molar-refractivity contribution in [3.8, 4) is 0 Å². The molecule has 0 aliphatic heterocycles. The number of carbonyl (C=O) groups is 3. The Kier molecular flexibility index (Phi) is 8.77. The number of nitrogens with zero attached hydrogens (tertiary/aromatic N) is 1. The number of anilines is 2. The fraction of sp³-hybridized carbons (Fsp3) is 0.207. The number of carbonyl (C=O) groups excluding carboxylic acids is 2. The SMILES string of the molecule is Cc1cc([N+](=O)[O-])ccc1NC(=O)C(Sc1ccc(NC(=O)C2CC=CCC2C(=O)O)cc1)c1ccccc1. The van der Waals surface area contributed by atoms with E-state index in [1.54, 1.807) is 37.3 Å². The highest BCUT2D eigenvalue weighted by atomic mass is 32.2. The first-order valence-corrected chi connectivity index (χ1v) is 13.2. The molecular formula is C29H27N3O6S. The number of allylic oxidation sites excluding steroid dienone is 2. The van der Waals surface area contributed by atoms with Gasteiger partial charge in [0.05, 0.1) is 16.8 Å². The number of benzene rings is 3. The fourth-order valence-electron chi connectivity index (χ4n) is 4.37. The smallest absolute Gasteiger partial charge is 0.307 e. The van der Waals surface area contributed by atoms with Crippen LogP contribution in [-0.4, -0.2) is 27.8 Å². The Morgan fingerprint density at radius 2 is 1.62 bits per heavy atom. The third-order valence-corrected chi connectivity index (χ3v) is 7.75. The predicted molar refractivity (Wildman–Crippen MR) is 150 cm³/mol. The van der Waals surface area contributed by atoms with Gasteiger partial charge in [0.2, 0.25) is 11.8 Å². The number of nitro benzene ring substituents is 1. The van der Waals surface area contributed by atoms with Crippen LogP contribution in [0.25, 0.3) is 0 Å². The summed E-state index contributed by atoms with van der Waals surface area (Å²) in [4.78, 5) is 49.1. The maximum absolute atomic E-state index is 13.4. The van der Waals surface area contributed by atoms with Crippen LogP contribution >= 0.6 is 11.8 Å². The van der Waals surface area contributed by atoms with E-state index >= 15 is 0 Å². The van der Waals surface area contributed by atoms with E-state index in [0.717, 1.165) is 10.5 Å². The van der Waals surface area contributed by atoms with Crippen LogP contribution in [0, 0.1) is 28.9 Å². The number of hydrogen-bond acceptors (Lipinski definition) is 6. The summed E-state index contributed by atoms with van der Waals surface area (Å²) in [7, 11) is 0. The van der Waals surface area contributed by atoms with Gasteiger partial charge in [-0.15, -0.1) is 11.8 Å². The molecule has 0 saturated carbocycles. The van der Waals surface area contributed by atoms with Crippen LogP contribution in [0.5, 0.6) is 0 Å². The Labute approximate surface area is 229 Å². The van der Waals surface area contributed by atoms with Gasteiger partial charge in [0, 0.05) is 28.4 Å². The first-order chi connectivity index (χ1) is 18.7. The molecule has 4 rings (SSSR count). The average Bonchev–Trinajstić information content (AvgIpc) is 2.94. The number of carboxylic acids is 1. The first kappa shape index (κ1) is 27.6. The minimum atomic E-state index is -0.986. The van der Waals surface area contributed by atoms with E-state index in [1.807, 2.05) is 36.4 Å². The van der Waals surface area contributed by atoms with Crippen molar-refractivity contribution in [3.05, 3.63) is 106 Å². The molecule has 9 nitrogen and oxygen atoms in total. The number of aliphatic carboxylic acids is 1. The van der Waals surface area contributed by atoms with E-state index in [9.17, 15) is 29.6 Å². The summed E-state index contributed by atoms with van der Waals surface area (Å²) in [6, 6.07) is 20.5. The number of thioether (sulfide) groups is 1. The molecule has 3 unspecified atom stereocenters. The second kappa shape index (κ2) is 12.4. The standard InChI is InChI=1S/C29H27N3O6S/c1-18-17-21(32(37)38)13-16-25(18)31-28(34)26(19-7-3-2-4-8-19)39-22-14-11-20(12-15-22)30-27(33)23-9-5-6-10-24(23)29(35)36/h2-8,11-17,23-24,26H,9-10H2,1H3,(H,30,33)(H,31,34)(H,35,36). The zero-order chi connectivity index (χ0) is 27.9. The van der Waals surface area contributed by atoms with Crippen LogP contribution < -0.4 is 10.6 Å². The molecule has 0 heterocycles. The summed E-state index contributed by atoms with van der Waals surface area (Å²) >= 11 is 1.32. The molecule has 0 saturated heterocycles. The largest absolute Gasteiger partial charge is 0.481 e. The molecule has 3 N–H and O–H groups in total. The van der Waals surface area contributed by atoms with Gasteiger partial charge in [-0.3, -0.25) is 24.5 Å². The molecule has 200 valence electrons. The van der Waals surface area contributed by atoms with Crippen molar-refractivity contribution in [2.75, 3.05) is 10.6 Å². The Bertz CT molecular complexity index is 1410. The highest BCUT2D eigenvalue weighted by Crippen LogP contribution is 2.37. The minimum absolute atomic E-state index is 0.0508. The summed E-state index contributed by atoms with van der Waals surface area (Å²) in [6.45, 7) is 1.70. The van der Waals surface area contributed by atoms with Crippen molar-refractivity contribution in [3.63, 3.8) is 0 Å². The van der Waals surface area contributed by atoms with Gasteiger partial charge in [-0.25, -0.2) is 0 Å². The van der Waals surface area contributed by atoms with Crippen LogP contribution in [0.3, 0.4) is 0 Å². The maximum atomic E-state index is 13.4. The fourth-order valence-corrected chi connectivity index (χ4v) is 5.39. The van der Waals surface area contributed by atoms with E-state index in [2.05, 4.69) is 10.6 Å². The van der Waals surface area contributed by atoms with Gasteiger partial charge in [-0.1, -0.05) is 42.5 Å². The molecule has 3 atom stereocenters. The van der Waals surface area contributed by atoms with Gasteiger partial charge in [0.15, 0.2) is 0 Å². The van der Waals surface area contributed by atoms with Gasteiger partial charge < -0.3 is 15.7 Å². The first-order valence-electron chi connectivity index (χ1n) is 12.3. The second-order valence-corrected chi connectivity index (χ2v) is 10.3. The second-order valence-electron chi connectivity index (χ2n) is 9.16. The molecule has 0 fully saturated rings. The van der Waals surface area contributed by atoms with Crippen molar-refractivity contribution in [1.29, 1.82) is 0 Å². The van der Waals surface area contributed by atoms with Crippen LogP contribution in [0.2, 0.25) is 0 Å². The Morgan fingerprint density at radius 1 is 0.949 bits per heavy atom. The van der Waals surface area contributed by atoms with Crippen molar-refractivity contribution in [2.45, 2.75) is 29.9 Å². The number of rotatable bonds is 9. The number of aryl methyl sites for hydroxylation is 1. The van der Waals surface area contributed by atoms with E-state index < -0.39 is 28.0 Å². The number of amides is 2. The lowest BCUT2D eigenvalue weighted by Gasteiger charge is -2.24. The van der Waals surface area contributed by atoms with Crippen molar-refractivity contribution < 1.29 is 24.4 Å². The molecule has 0 aromatic heterocycles. The van der Waals surface area contributed by atoms with Crippen LogP contribution in [-0.2, 0) is 14.4 Å². The van der Waals surface area contributed by atoms with Crippen LogP contribution in [0.15, 0.2) is 89.8 Å². The molecule has 3 aromatic carbocycles. The Morgan fingerprint density at radius 3 is 2.23 bits per heavy atom. The lowest BCUT2D eigenvalue weighted by Crippen LogP contribution is -2.34. The highest BCUT2D eigenvalue weighted by Gasteiger charge is 2.34. The summed E-state index contributed by atoms with van der Waals surface area (Å²) in [5.74, 6) is -3.01. The molecule has 0 radical (unpaired) electrons. The monoisotopic (exact) mass is 545 g/mol. The van der Waals surface area contributed by atoms with Gasteiger partial charge in [0.25, 0.3) is 5.69 Å². The Hall–Kier alpha value is -4.44. The van der Waals surface area contributed by atoms with E-state index in [0.29, 0.717) is 29.8 Å². The average molecular weight is 546 g/mol. The highest BCUT2D eigenvalue weighted by molar-refractivity contribution is 8.00. The molecule has 10 heteroatoms. The van der Waals surface area contributed by atoms with Crippen LogP contribution in [0.1, 0.15) is 29.2 Å². The number of nitro groups is 1. The lowest BCUT2D eigenvalue weighted by atomic mass is 9.82. The van der Waals surface area contributed by atoms with Crippen molar-refractivity contribution >= 4 is 46.6 Å². The van der Waals surface area contributed by atoms with Gasteiger partial charge in [-0.2, -0.15) is 0 Å². The third-order valence-electron chi connectivity index (χ3n) is 6.48. The van der Waals surface area contributed by atoms with Crippen molar-refractivity contribution in [2.24, 2.45) is 11.8 Å². The topological polar surface area (TPSA) is 139 Å². The van der Waals surface area contributed by atoms with Gasteiger partial charge in [-0.05, 0) is 61.2 Å². The molecule has 0 bridgehead atoms. The molecule has 0 spiro atoms. The van der Waals surface area contributed by atoms with Gasteiger partial charge >= 0.3 is 5.97 Å². The molecule has 3 aromatic rings. The minimum Gasteiger partial charge on any atom is -0.481 e. The summed E-state index contributed by atoms with van der Waals surface area (Å²) in [6.07, 6.45) is 4.32. The zero-order valence-electron chi connectivity index (χ0n) is 21.1. The summed E-state index contributed by atoms with van der Waals surface area (Å²) in [5, 5.41) is 25.6. The summed E-state index contributed by atoms with van der Waals surface area (Å²) < 4.78 is 0. The lowest BCUT2D eigenvalue weighted by molar-refractivity contribution is -0.384. The van der Waals surface area contributed by atoms with E-state index in [4.69, 9.17) is 0 Å². The van der Waals surface area contributed by atoms with E-state index in [1.165, 1.54) is 30.0 Å². The zero-order valence-corrected chi connectivity index (χ0v) is 21.9. The third kappa shape index (κ3) is 6.91. The molecular weight excluding hydrogens is 518 g/mol. The predicted octanol–water partition coefficient (Wildman–Crippen LogP) is 5.98. The Balaban J connectivity index is 1.48. The van der Waals surface area contributed by atoms with Crippen molar-refractivity contribution in [1.82, 2.24) is 0 Å². The molecule has 1 aliphatic carbocycles. The number of nitrogens with one attached hydrogen (secondary N) is 2. The number of hydrogen-bond donors (Lipinski definition) is 3. The summed E-state index contributed by atoms with van der Waals surface area (Å²) in [5.41, 5.74) is 2.33. The molecule has 2 amide bonds. The number of carboxylic acid groups (broad SMARTS) is 1. The quantitative estimate of drug-likeness (QED) is 0.130. The molecule has 1 aliphatic rings. The van der Waals surface area contributed by atoms with Gasteiger partial charge in [0.1, 0.15) is 5.25 Å². The normalized spacial score (nSPS) is 17.2. The van der Waals surface area contributed by atoms with Crippen LogP contribution in [0.4, 0.5) is 17.1 Å². The van der Waals surface area contributed by atoms with E-state index in [-0.39, 0.29) is 17.5 Å².